The Morgan fingerprint density at radius 3 is 3.17 bits per heavy atom. The van der Waals surface area contributed by atoms with Gasteiger partial charge in [-0.1, -0.05) is 0 Å². The lowest BCUT2D eigenvalue weighted by atomic mass is 10.1. The molecule has 0 radical (unpaired) electrons. The van der Waals surface area contributed by atoms with E-state index in [-0.39, 0.29) is 0 Å². The van der Waals surface area contributed by atoms with Crippen molar-refractivity contribution in [3.05, 3.63) is 35.9 Å². The molecule has 0 bridgehead atoms. The minimum atomic E-state index is 0.605. The summed E-state index contributed by atoms with van der Waals surface area (Å²) in [6.45, 7) is 6.32. The number of likely N-dealkylation sites (tertiary alicyclic amines) is 1. The SMILES string of the molecule is CCn1cc(CN2CCC(c3ccn[nH]3)C2)cn1. The molecule has 5 nitrogen and oxygen atoms in total. The second-order valence-electron chi connectivity index (χ2n) is 4.94. The molecule has 18 heavy (non-hydrogen) atoms. The van der Waals surface area contributed by atoms with Gasteiger partial charge in [0.05, 0.1) is 6.20 Å². The molecule has 1 saturated heterocycles. The number of hydrogen-bond donors (Lipinski definition) is 1. The molecule has 2 aromatic heterocycles. The molecule has 2 aromatic rings. The molecule has 1 aliphatic rings. The van der Waals surface area contributed by atoms with Crippen molar-refractivity contribution in [1.82, 2.24) is 24.9 Å². The average Bonchev–Trinajstić information content (AvgIpc) is 3.10. The number of nitrogens with zero attached hydrogens (tertiary/aromatic N) is 4. The largest absolute Gasteiger partial charge is 0.298 e. The Kier molecular flexibility index (Phi) is 3.15. The Bertz CT molecular complexity index is 487. The zero-order chi connectivity index (χ0) is 12.4. The number of nitrogens with one attached hydrogen (secondary N) is 1. The van der Waals surface area contributed by atoms with Gasteiger partial charge in [-0.05, 0) is 26.0 Å². The lowest BCUT2D eigenvalue weighted by Gasteiger charge is -2.14. The summed E-state index contributed by atoms with van der Waals surface area (Å²) in [5.41, 5.74) is 2.57. The van der Waals surface area contributed by atoms with Gasteiger partial charge in [0, 0.05) is 49.2 Å². The van der Waals surface area contributed by atoms with Crippen molar-refractivity contribution in [2.24, 2.45) is 0 Å². The van der Waals surface area contributed by atoms with Crippen molar-refractivity contribution >= 4 is 0 Å². The summed E-state index contributed by atoms with van der Waals surface area (Å²) in [6.07, 6.45) is 7.17. The molecule has 0 aromatic carbocycles. The molecule has 1 aliphatic heterocycles. The molecule has 0 aliphatic carbocycles. The summed E-state index contributed by atoms with van der Waals surface area (Å²) in [5.74, 6) is 0.605. The highest BCUT2D eigenvalue weighted by atomic mass is 15.3. The second kappa shape index (κ2) is 4.94. The number of rotatable bonds is 4. The van der Waals surface area contributed by atoms with Crippen molar-refractivity contribution in [2.45, 2.75) is 32.4 Å². The van der Waals surface area contributed by atoms with Crippen molar-refractivity contribution in [3.63, 3.8) is 0 Å². The fourth-order valence-electron chi connectivity index (χ4n) is 2.64. The van der Waals surface area contributed by atoms with Crippen LogP contribution in [0.5, 0.6) is 0 Å². The fourth-order valence-corrected chi connectivity index (χ4v) is 2.64. The highest BCUT2D eigenvalue weighted by molar-refractivity contribution is 5.10. The topological polar surface area (TPSA) is 49.7 Å². The van der Waals surface area contributed by atoms with E-state index >= 15 is 0 Å². The maximum absolute atomic E-state index is 4.32. The van der Waals surface area contributed by atoms with Crippen molar-refractivity contribution in [2.75, 3.05) is 13.1 Å². The van der Waals surface area contributed by atoms with Gasteiger partial charge in [-0.3, -0.25) is 14.7 Å². The molecule has 1 atom stereocenters. The van der Waals surface area contributed by atoms with Crippen molar-refractivity contribution in [3.8, 4) is 0 Å². The molecule has 1 unspecified atom stereocenters. The fraction of sp³-hybridized carbons (Fsp3) is 0.538. The van der Waals surface area contributed by atoms with Crippen LogP contribution in [-0.4, -0.2) is 38.0 Å². The van der Waals surface area contributed by atoms with Crippen LogP contribution in [0.4, 0.5) is 0 Å². The third-order valence-corrected chi connectivity index (χ3v) is 3.65. The molecular weight excluding hydrogens is 226 g/mol. The van der Waals surface area contributed by atoms with Crippen molar-refractivity contribution < 1.29 is 0 Å². The molecule has 0 spiro atoms. The third kappa shape index (κ3) is 2.31. The van der Waals surface area contributed by atoms with Gasteiger partial charge in [-0.15, -0.1) is 0 Å². The smallest absolute Gasteiger partial charge is 0.0534 e. The minimum absolute atomic E-state index is 0.605. The summed E-state index contributed by atoms with van der Waals surface area (Å²) in [7, 11) is 0. The predicted octanol–water partition coefficient (Wildman–Crippen LogP) is 1.62. The second-order valence-corrected chi connectivity index (χ2v) is 4.94. The van der Waals surface area contributed by atoms with Gasteiger partial charge in [0.2, 0.25) is 0 Å². The molecule has 5 heteroatoms. The van der Waals surface area contributed by atoms with E-state index in [1.807, 2.05) is 17.1 Å². The molecule has 1 N–H and O–H groups in total. The minimum Gasteiger partial charge on any atom is -0.298 e. The Morgan fingerprint density at radius 1 is 1.50 bits per heavy atom. The number of H-pyrrole nitrogens is 1. The van der Waals surface area contributed by atoms with Crippen LogP contribution in [-0.2, 0) is 13.1 Å². The van der Waals surface area contributed by atoms with Crippen LogP contribution >= 0.6 is 0 Å². The molecule has 3 heterocycles. The van der Waals surface area contributed by atoms with E-state index in [9.17, 15) is 0 Å². The van der Waals surface area contributed by atoms with E-state index in [1.54, 1.807) is 0 Å². The number of aromatic nitrogens is 4. The van der Waals surface area contributed by atoms with Gasteiger partial charge >= 0.3 is 0 Å². The van der Waals surface area contributed by atoms with Crippen LogP contribution in [0.1, 0.15) is 30.5 Å². The quantitative estimate of drug-likeness (QED) is 0.890. The zero-order valence-corrected chi connectivity index (χ0v) is 10.7. The summed E-state index contributed by atoms with van der Waals surface area (Å²) in [4.78, 5) is 2.49. The molecule has 96 valence electrons. The molecular formula is C13H19N5. The maximum atomic E-state index is 4.32. The van der Waals surface area contributed by atoms with E-state index in [0.29, 0.717) is 5.92 Å². The summed E-state index contributed by atoms with van der Waals surface area (Å²) in [5, 5.41) is 11.4. The van der Waals surface area contributed by atoms with Gasteiger partial charge in [-0.25, -0.2) is 0 Å². The number of aromatic amines is 1. The number of aryl methyl sites for hydroxylation is 1. The van der Waals surface area contributed by atoms with Crippen LogP contribution in [0.25, 0.3) is 0 Å². The molecule has 0 amide bonds. The Morgan fingerprint density at radius 2 is 2.44 bits per heavy atom. The first kappa shape index (κ1) is 11.5. The lowest BCUT2D eigenvalue weighted by molar-refractivity contribution is 0.326. The summed E-state index contributed by atoms with van der Waals surface area (Å²) < 4.78 is 1.98. The standard InChI is InChI=1S/C13H19N5/c1-2-18-9-11(7-15-18)8-17-6-4-12(10-17)13-3-5-14-16-13/h3,5,7,9,12H,2,4,6,8,10H2,1H3,(H,14,16). The van der Waals surface area contributed by atoms with Crippen LogP contribution < -0.4 is 0 Å². The Balaban J connectivity index is 1.59. The summed E-state index contributed by atoms with van der Waals surface area (Å²) >= 11 is 0. The van der Waals surface area contributed by atoms with Gasteiger partial charge < -0.3 is 0 Å². The van der Waals surface area contributed by atoms with E-state index in [1.165, 1.54) is 17.7 Å². The Hall–Kier alpha value is -1.62. The highest BCUT2D eigenvalue weighted by Crippen LogP contribution is 2.26. The van der Waals surface area contributed by atoms with Crippen LogP contribution in [0.15, 0.2) is 24.7 Å². The molecule has 0 saturated carbocycles. The van der Waals surface area contributed by atoms with Crippen LogP contribution in [0.3, 0.4) is 0 Å². The first-order valence-corrected chi connectivity index (χ1v) is 6.58. The first-order valence-electron chi connectivity index (χ1n) is 6.58. The number of hydrogen-bond acceptors (Lipinski definition) is 3. The highest BCUT2D eigenvalue weighted by Gasteiger charge is 2.24. The lowest BCUT2D eigenvalue weighted by Crippen LogP contribution is -2.19. The Labute approximate surface area is 107 Å². The van der Waals surface area contributed by atoms with E-state index in [0.717, 1.165) is 26.2 Å². The predicted molar refractivity (Wildman–Crippen MR) is 69.1 cm³/mol. The van der Waals surface area contributed by atoms with Crippen LogP contribution in [0, 0.1) is 0 Å². The van der Waals surface area contributed by atoms with E-state index in [2.05, 4.69) is 39.4 Å². The summed E-state index contributed by atoms with van der Waals surface area (Å²) in [6, 6.07) is 2.09. The third-order valence-electron chi connectivity index (χ3n) is 3.65. The molecule has 3 rings (SSSR count). The zero-order valence-electron chi connectivity index (χ0n) is 10.7. The van der Waals surface area contributed by atoms with Crippen LogP contribution in [0.2, 0.25) is 0 Å². The van der Waals surface area contributed by atoms with E-state index in [4.69, 9.17) is 0 Å². The van der Waals surface area contributed by atoms with Gasteiger partial charge in [-0.2, -0.15) is 10.2 Å². The maximum Gasteiger partial charge on any atom is 0.0534 e. The van der Waals surface area contributed by atoms with E-state index < -0.39 is 0 Å². The average molecular weight is 245 g/mol. The van der Waals surface area contributed by atoms with Crippen molar-refractivity contribution in [1.29, 1.82) is 0 Å². The van der Waals surface area contributed by atoms with Gasteiger partial charge in [0.1, 0.15) is 0 Å². The monoisotopic (exact) mass is 245 g/mol. The van der Waals surface area contributed by atoms with Gasteiger partial charge in [0.25, 0.3) is 0 Å². The normalized spacial score (nSPS) is 20.6. The van der Waals surface area contributed by atoms with Gasteiger partial charge in [0.15, 0.2) is 0 Å². The first-order chi connectivity index (χ1) is 8.85. The molecule has 1 fully saturated rings.